The lowest BCUT2D eigenvalue weighted by Crippen LogP contribution is -2.47. The van der Waals surface area contributed by atoms with Gasteiger partial charge in [-0.05, 0) is 20.3 Å². The zero-order valence-corrected chi connectivity index (χ0v) is 7.13. The van der Waals surface area contributed by atoms with Gasteiger partial charge in [0.05, 0.1) is 6.10 Å². The van der Waals surface area contributed by atoms with E-state index in [-0.39, 0.29) is 0 Å². The second kappa shape index (κ2) is 3.50. The molecule has 1 heterocycles. The first kappa shape index (κ1) is 8.94. The van der Waals surface area contributed by atoms with Crippen molar-refractivity contribution < 1.29 is 9.50 Å². The van der Waals surface area contributed by atoms with Crippen LogP contribution in [-0.2, 0) is 0 Å². The molecular weight excluding hydrogens is 145 g/mol. The average Bonchev–Trinajstić information content (AvgIpc) is 1.94. The zero-order chi connectivity index (χ0) is 8.43. The van der Waals surface area contributed by atoms with Crippen LogP contribution in [0.4, 0.5) is 4.39 Å². The fraction of sp³-hybridized carbons (Fsp3) is 1.00. The summed E-state index contributed by atoms with van der Waals surface area (Å²) in [6, 6.07) is 0.414. The van der Waals surface area contributed by atoms with Gasteiger partial charge in [0.25, 0.3) is 0 Å². The van der Waals surface area contributed by atoms with Crippen LogP contribution in [-0.4, -0.2) is 41.4 Å². The molecule has 2 nitrogen and oxygen atoms in total. The Balaban J connectivity index is 2.40. The molecule has 1 aliphatic rings. The Morgan fingerprint density at radius 1 is 1.55 bits per heavy atom. The lowest BCUT2D eigenvalue weighted by molar-refractivity contribution is -0.00660. The first-order chi connectivity index (χ1) is 5.11. The van der Waals surface area contributed by atoms with Crippen molar-refractivity contribution in [3.8, 4) is 0 Å². The van der Waals surface area contributed by atoms with Gasteiger partial charge in [-0.25, -0.2) is 4.39 Å². The Labute approximate surface area is 67.0 Å². The third-order valence-electron chi connectivity index (χ3n) is 2.26. The van der Waals surface area contributed by atoms with Gasteiger partial charge in [-0.3, -0.25) is 4.90 Å². The molecule has 0 bridgehead atoms. The SMILES string of the molecule is CC(C)N1CC[C@H](F)[C@@H](O)C1. The molecule has 11 heavy (non-hydrogen) atoms. The number of aliphatic hydroxyl groups excluding tert-OH is 1. The molecule has 1 fully saturated rings. The molecule has 3 heteroatoms. The maximum Gasteiger partial charge on any atom is 0.128 e. The van der Waals surface area contributed by atoms with Crippen LogP contribution in [0.5, 0.6) is 0 Å². The van der Waals surface area contributed by atoms with Gasteiger partial charge >= 0.3 is 0 Å². The number of piperidine rings is 1. The normalized spacial score (nSPS) is 34.6. The second-order valence-corrected chi connectivity index (χ2v) is 3.46. The van der Waals surface area contributed by atoms with E-state index in [0.29, 0.717) is 19.0 Å². The average molecular weight is 161 g/mol. The Hall–Kier alpha value is -0.150. The molecule has 0 unspecified atom stereocenters. The highest BCUT2D eigenvalue weighted by Crippen LogP contribution is 2.15. The van der Waals surface area contributed by atoms with Crippen molar-refractivity contribution in [3.05, 3.63) is 0 Å². The number of likely N-dealkylation sites (tertiary alicyclic amines) is 1. The summed E-state index contributed by atoms with van der Waals surface area (Å²) in [5, 5.41) is 9.18. The molecular formula is C8H16FNO. The number of nitrogens with zero attached hydrogens (tertiary/aromatic N) is 1. The van der Waals surface area contributed by atoms with Crippen molar-refractivity contribution in [3.63, 3.8) is 0 Å². The van der Waals surface area contributed by atoms with Crippen LogP contribution in [0, 0.1) is 0 Å². The fourth-order valence-corrected chi connectivity index (χ4v) is 1.40. The molecule has 0 aromatic carbocycles. The predicted octanol–water partition coefficient (Wildman–Crippen LogP) is 0.799. The molecule has 0 aromatic rings. The minimum atomic E-state index is -1.01. The first-order valence-corrected chi connectivity index (χ1v) is 4.17. The number of halogens is 1. The van der Waals surface area contributed by atoms with Crippen molar-refractivity contribution in [2.45, 2.75) is 38.6 Å². The van der Waals surface area contributed by atoms with Crippen LogP contribution in [0.3, 0.4) is 0 Å². The molecule has 0 radical (unpaired) electrons. The van der Waals surface area contributed by atoms with Gasteiger partial charge in [0.2, 0.25) is 0 Å². The zero-order valence-electron chi connectivity index (χ0n) is 7.13. The van der Waals surface area contributed by atoms with Crippen molar-refractivity contribution >= 4 is 0 Å². The molecule has 1 N–H and O–H groups in total. The molecule has 0 aromatic heterocycles. The Morgan fingerprint density at radius 3 is 2.64 bits per heavy atom. The van der Waals surface area contributed by atoms with Gasteiger partial charge < -0.3 is 5.11 Å². The van der Waals surface area contributed by atoms with Gasteiger partial charge in [-0.15, -0.1) is 0 Å². The summed E-state index contributed by atoms with van der Waals surface area (Å²) in [6.07, 6.45) is -1.31. The van der Waals surface area contributed by atoms with E-state index in [1.165, 1.54) is 0 Å². The number of rotatable bonds is 1. The van der Waals surface area contributed by atoms with E-state index >= 15 is 0 Å². The molecule has 1 aliphatic heterocycles. The van der Waals surface area contributed by atoms with Crippen molar-refractivity contribution in [2.75, 3.05) is 13.1 Å². The van der Waals surface area contributed by atoms with Crippen LogP contribution in [0.2, 0.25) is 0 Å². The number of β-amino-alcohol motifs (C(OH)–C–C–N with tert-alkyl or cyclic N) is 1. The summed E-state index contributed by atoms with van der Waals surface area (Å²) < 4.78 is 12.7. The van der Waals surface area contributed by atoms with E-state index in [9.17, 15) is 9.50 Å². The summed E-state index contributed by atoms with van der Waals surface area (Å²) in [6.45, 7) is 5.38. The monoisotopic (exact) mass is 161 g/mol. The summed E-state index contributed by atoms with van der Waals surface area (Å²) >= 11 is 0. The van der Waals surface area contributed by atoms with Crippen LogP contribution < -0.4 is 0 Å². The summed E-state index contributed by atoms with van der Waals surface area (Å²) in [4.78, 5) is 2.10. The maximum absolute atomic E-state index is 12.7. The van der Waals surface area contributed by atoms with Crippen LogP contribution in [0.1, 0.15) is 20.3 Å². The quantitative estimate of drug-likeness (QED) is 0.615. The van der Waals surface area contributed by atoms with Gasteiger partial charge in [0, 0.05) is 19.1 Å². The van der Waals surface area contributed by atoms with E-state index in [1.807, 2.05) is 0 Å². The molecule has 0 saturated carbocycles. The van der Waals surface area contributed by atoms with Crippen molar-refractivity contribution in [1.29, 1.82) is 0 Å². The second-order valence-electron chi connectivity index (χ2n) is 3.46. The number of hydrogen-bond donors (Lipinski definition) is 1. The van der Waals surface area contributed by atoms with E-state index < -0.39 is 12.3 Å². The van der Waals surface area contributed by atoms with E-state index in [1.54, 1.807) is 0 Å². The molecule has 66 valence electrons. The van der Waals surface area contributed by atoms with Gasteiger partial charge in [0.1, 0.15) is 6.17 Å². The topological polar surface area (TPSA) is 23.5 Å². The molecule has 1 saturated heterocycles. The first-order valence-electron chi connectivity index (χ1n) is 4.17. The highest BCUT2D eigenvalue weighted by atomic mass is 19.1. The summed E-state index contributed by atoms with van der Waals surface area (Å²) in [5.74, 6) is 0. The Kier molecular flexibility index (Phi) is 2.84. The van der Waals surface area contributed by atoms with Gasteiger partial charge in [-0.2, -0.15) is 0 Å². The van der Waals surface area contributed by atoms with Crippen molar-refractivity contribution in [2.24, 2.45) is 0 Å². The van der Waals surface area contributed by atoms with Gasteiger partial charge in [-0.1, -0.05) is 0 Å². The Bertz CT molecular complexity index is 129. The fourth-order valence-electron chi connectivity index (χ4n) is 1.40. The lowest BCUT2D eigenvalue weighted by atomic mass is 10.1. The molecule has 0 amide bonds. The van der Waals surface area contributed by atoms with E-state index in [2.05, 4.69) is 18.7 Å². The highest BCUT2D eigenvalue weighted by molar-refractivity contribution is 4.80. The molecule has 0 aliphatic carbocycles. The maximum atomic E-state index is 12.7. The number of alkyl halides is 1. The number of hydrogen-bond acceptors (Lipinski definition) is 2. The van der Waals surface area contributed by atoms with E-state index in [0.717, 1.165) is 6.54 Å². The van der Waals surface area contributed by atoms with Gasteiger partial charge in [0.15, 0.2) is 0 Å². The minimum absolute atomic E-state index is 0.414. The largest absolute Gasteiger partial charge is 0.389 e. The lowest BCUT2D eigenvalue weighted by Gasteiger charge is -2.34. The van der Waals surface area contributed by atoms with Crippen LogP contribution in [0.25, 0.3) is 0 Å². The molecule has 0 spiro atoms. The van der Waals surface area contributed by atoms with Crippen molar-refractivity contribution in [1.82, 2.24) is 4.90 Å². The number of aliphatic hydroxyl groups is 1. The highest BCUT2D eigenvalue weighted by Gasteiger charge is 2.28. The third kappa shape index (κ3) is 2.14. The minimum Gasteiger partial charge on any atom is -0.389 e. The Morgan fingerprint density at radius 2 is 2.18 bits per heavy atom. The smallest absolute Gasteiger partial charge is 0.128 e. The molecule has 1 rings (SSSR count). The predicted molar refractivity (Wildman–Crippen MR) is 42.2 cm³/mol. The summed E-state index contributed by atoms with van der Waals surface area (Å²) in [7, 11) is 0. The van der Waals surface area contributed by atoms with E-state index in [4.69, 9.17) is 0 Å². The standard InChI is InChI=1S/C8H16FNO/c1-6(2)10-4-3-7(9)8(11)5-10/h6-8,11H,3-5H2,1-2H3/t7-,8-/m0/s1. The summed E-state index contributed by atoms with van der Waals surface area (Å²) in [5.41, 5.74) is 0. The molecule has 2 atom stereocenters. The van der Waals surface area contributed by atoms with Crippen LogP contribution >= 0.6 is 0 Å². The third-order valence-corrected chi connectivity index (χ3v) is 2.26. The van der Waals surface area contributed by atoms with Crippen LogP contribution in [0.15, 0.2) is 0 Å².